The Morgan fingerprint density at radius 1 is 0.875 bits per heavy atom. The molecule has 0 aromatic heterocycles. The van der Waals surface area contributed by atoms with Gasteiger partial charge in [0.25, 0.3) is 0 Å². The lowest BCUT2D eigenvalue weighted by Gasteiger charge is -2.47. The highest BCUT2D eigenvalue weighted by molar-refractivity contribution is 7.18. The molecule has 0 aliphatic carbocycles. The summed E-state index contributed by atoms with van der Waals surface area (Å²) >= 11 is 0. The van der Waals surface area contributed by atoms with Gasteiger partial charge in [0.1, 0.15) is 0 Å². The second-order valence-corrected chi connectivity index (χ2v) is 8.07. The summed E-state index contributed by atoms with van der Waals surface area (Å²) in [5.74, 6) is 0. The summed E-state index contributed by atoms with van der Waals surface area (Å²) in [4.78, 5) is 4.78. The van der Waals surface area contributed by atoms with Crippen molar-refractivity contribution in [3.05, 3.63) is 12.4 Å². The van der Waals surface area contributed by atoms with Crippen molar-refractivity contribution < 1.29 is 0 Å². The van der Waals surface area contributed by atoms with Gasteiger partial charge in [-0.1, -0.05) is 20.8 Å². The normalized spacial score (nSPS) is 21.5. The Balaban J connectivity index is 2.79. The van der Waals surface area contributed by atoms with Crippen molar-refractivity contribution in [2.75, 3.05) is 6.67 Å². The van der Waals surface area contributed by atoms with E-state index in [4.69, 9.17) is 0 Å². The van der Waals surface area contributed by atoms with Crippen molar-refractivity contribution in [2.45, 2.75) is 59.3 Å². The van der Waals surface area contributed by atoms with Crippen LogP contribution >= 0.6 is 9.24 Å². The molecule has 94 valence electrons. The second kappa shape index (κ2) is 3.91. The Hall–Kier alpha value is -0.230. The topological polar surface area (TPSA) is 6.48 Å². The summed E-state index contributed by atoms with van der Waals surface area (Å²) in [5.41, 5.74) is 0.430. The lowest BCUT2D eigenvalue weighted by Crippen LogP contribution is -2.50. The molecule has 2 nitrogen and oxygen atoms in total. The van der Waals surface area contributed by atoms with Crippen LogP contribution in [0, 0.1) is 5.41 Å². The van der Waals surface area contributed by atoms with Crippen LogP contribution in [0.1, 0.15) is 48.5 Å². The van der Waals surface area contributed by atoms with Gasteiger partial charge in [-0.25, -0.2) is 0 Å². The summed E-state index contributed by atoms with van der Waals surface area (Å²) in [7, 11) is 3.01. The maximum Gasteiger partial charge on any atom is 0.0906 e. The highest BCUT2D eigenvalue weighted by atomic mass is 31.0. The minimum atomic E-state index is 0.0868. The Morgan fingerprint density at radius 3 is 1.62 bits per heavy atom. The Labute approximate surface area is 103 Å². The van der Waals surface area contributed by atoms with Gasteiger partial charge in [-0.2, -0.15) is 0 Å². The van der Waals surface area contributed by atoms with Gasteiger partial charge < -0.3 is 9.80 Å². The third-order valence-electron chi connectivity index (χ3n) is 3.71. The zero-order valence-corrected chi connectivity index (χ0v) is 13.0. The van der Waals surface area contributed by atoms with E-state index < -0.39 is 0 Å². The monoisotopic (exact) mass is 242 g/mol. The van der Waals surface area contributed by atoms with Crippen LogP contribution in [0.4, 0.5) is 0 Å². The van der Waals surface area contributed by atoms with Gasteiger partial charge in [0, 0.05) is 17.9 Å². The van der Waals surface area contributed by atoms with Crippen molar-refractivity contribution in [3.8, 4) is 0 Å². The predicted octanol–water partition coefficient (Wildman–Crippen LogP) is 3.47. The van der Waals surface area contributed by atoms with Crippen molar-refractivity contribution in [1.29, 1.82) is 0 Å². The van der Waals surface area contributed by atoms with Crippen LogP contribution in [0.5, 0.6) is 0 Å². The molecule has 1 aliphatic rings. The van der Waals surface area contributed by atoms with Crippen molar-refractivity contribution in [3.63, 3.8) is 0 Å². The van der Waals surface area contributed by atoms with Crippen molar-refractivity contribution >= 4 is 9.24 Å². The van der Waals surface area contributed by atoms with Crippen molar-refractivity contribution in [1.82, 2.24) is 9.80 Å². The van der Waals surface area contributed by atoms with E-state index in [0.717, 1.165) is 6.67 Å². The largest absolute Gasteiger partial charge is 0.354 e. The average molecular weight is 242 g/mol. The van der Waals surface area contributed by atoms with Crippen LogP contribution in [-0.2, 0) is 0 Å². The quantitative estimate of drug-likeness (QED) is 0.650. The van der Waals surface area contributed by atoms with Crippen LogP contribution in [0.2, 0.25) is 0 Å². The van der Waals surface area contributed by atoms with E-state index in [2.05, 4.69) is 79.9 Å². The predicted molar refractivity (Wildman–Crippen MR) is 75.0 cm³/mol. The molecular formula is C13H27N2P. The third kappa shape index (κ3) is 2.53. The second-order valence-electron chi connectivity index (χ2n) is 6.95. The lowest BCUT2D eigenvalue weighted by atomic mass is 9.86. The zero-order chi connectivity index (χ0) is 12.8. The molecule has 16 heavy (non-hydrogen) atoms. The minimum absolute atomic E-state index is 0.0868. The fraction of sp³-hybridized carbons (Fsp3) is 0.846. The summed E-state index contributed by atoms with van der Waals surface area (Å²) < 4.78 is 0. The van der Waals surface area contributed by atoms with E-state index >= 15 is 0 Å². The van der Waals surface area contributed by atoms with Gasteiger partial charge in [-0.05, 0) is 33.1 Å². The van der Waals surface area contributed by atoms with Gasteiger partial charge in [0.2, 0.25) is 0 Å². The van der Waals surface area contributed by atoms with Crippen molar-refractivity contribution in [2.24, 2.45) is 5.41 Å². The fourth-order valence-electron chi connectivity index (χ4n) is 1.59. The molecule has 0 saturated carbocycles. The Bertz CT molecular complexity index is 281. The molecule has 1 rings (SSSR count). The van der Waals surface area contributed by atoms with Crippen LogP contribution in [0.25, 0.3) is 0 Å². The Morgan fingerprint density at radius 2 is 1.31 bits per heavy atom. The van der Waals surface area contributed by atoms with E-state index in [1.54, 1.807) is 0 Å². The van der Waals surface area contributed by atoms with E-state index in [1.807, 2.05) is 0 Å². The number of hydrogen-bond donors (Lipinski definition) is 0. The molecule has 0 bridgehead atoms. The molecule has 0 amide bonds. The van der Waals surface area contributed by atoms with Gasteiger partial charge >= 0.3 is 0 Å². The van der Waals surface area contributed by atoms with E-state index in [-0.39, 0.29) is 16.2 Å². The summed E-state index contributed by atoms with van der Waals surface area (Å²) in [6, 6.07) is 0. The first-order valence-electron chi connectivity index (χ1n) is 5.97. The maximum absolute atomic E-state index is 3.01. The molecule has 1 unspecified atom stereocenters. The molecule has 0 aromatic rings. The average Bonchev–Trinajstić information content (AvgIpc) is 2.47. The van der Waals surface area contributed by atoms with E-state index in [1.165, 1.54) is 0 Å². The maximum atomic E-state index is 3.01. The van der Waals surface area contributed by atoms with Gasteiger partial charge in [-0.15, -0.1) is 9.24 Å². The van der Waals surface area contributed by atoms with Crippen LogP contribution in [-0.4, -0.2) is 27.3 Å². The molecule has 0 radical (unpaired) electrons. The first-order valence-corrected chi connectivity index (χ1v) is 6.55. The molecular weight excluding hydrogens is 215 g/mol. The molecule has 0 spiro atoms. The first-order chi connectivity index (χ1) is 6.96. The highest BCUT2D eigenvalue weighted by Crippen LogP contribution is 2.42. The molecule has 0 N–H and O–H groups in total. The summed E-state index contributed by atoms with van der Waals surface area (Å²) in [6.07, 6.45) is 4.41. The number of rotatable bonds is 1. The third-order valence-corrected chi connectivity index (χ3v) is 4.91. The summed E-state index contributed by atoms with van der Waals surface area (Å²) in [5, 5.41) is 0.0868. The smallest absolute Gasteiger partial charge is 0.0906 e. The number of hydrogen-bond acceptors (Lipinski definition) is 2. The van der Waals surface area contributed by atoms with Crippen LogP contribution < -0.4 is 0 Å². The minimum Gasteiger partial charge on any atom is -0.354 e. The zero-order valence-electron chi connectivity index (χ0n) is 11.8. The molecule has 1 aliphatic heterocycles. The standard InChI is InChI=1S/C13H27N2P/c1-11(2,3)13(7,16)15-9-8-14(10-15)12(4,5)6/h8-9H,10,16H2,1-7H3/t13-/m1/s1. The van der Waals surface area contributed by atoms with Gasteiger partial charge in [-0.3, -0.25) is 0 Å². The van der Waals surface area contributed by atoms with E-state index in [9.17, 15) is 0 Å². The molecule has 0 saturated heterocycles. The highest BCUT2D eigenvalue weighted by Gasteiger charge is 2.40. The van der Waals surface area contributed by atoms with E-state index in [0.29, 0.717) is 0 Å². The lowest BCUT2D eigenvalue weighted by molar-refractivity contribution is 0.0776. The molecule has 0 fully saturated rings. The Kier molecular flexibility index (Phi) is 3.38. The molecule has 3 heteroatoms. The molecule has 2 atom stereocenters. The number of nitrogens with zero attached hydrogens (tertiary/aromatic N) is 2. The molecule has 0 aromatic carbocycles. The summed E-state index contributed by atoms with van der Waals surface area (Å²) in [6.45, 7) is 16.9. The first kappa shape index (κ1) is 13.8. The van der Waals surface area contributed by atoms with Crippen LogP contribution in [0.15, 0.2) is 12.4 Å². The van der Waals surface area contributed by atoms with Gasteiger partial charge in [0.05, 0.1) is 11.9 Å². The fourth-order valence-corrected chi connectivity index (χ4v) is 1.76. The van der Waals surface area contributed by atoms with Crippen LogP contribution in [0.3, 0.4) is 0 Å². The SMILES string of the molecule is CC(C)(C)N1C=CN([C@](C)(P)C(C)(C)C)C1. The van der Waals surface area contributed by atoms with Gasteiger partial charge in [0.15, 0.2) is 0 Å². The molecule has 1 heterocycles.